The van der Waals surface area contributed by atoms with Crippen LogP contribution < -0.4 is 10.1 Å². The molecule has 8 heteroatoms. The zero-order valence-electron chi connectivity index (χ0n) is 15.0. The van der Waals surface area contributed by atoms with Crippen LogP contribution in [0.25, 0.3) is 0 Å². The third-order valence-corrected chi connectivity index (χ3v) is 5.36. The summed E-state index contributed by atoms with van der Waals surface area (Å²) in [6.45, 7) is -0.702. The first kappa shape index (κ1) is 19.3. The van der Waals surface area contributed by atoms with Crippen molar-refractivity contribution in [1.82, 2.24) is 4.90 Å². The molecule has 3 rings (SSSR count). The third kappa shape index (κ3) is 5.03. The number of hydrogen-bond donors (Lipinski definition) is 1. The fourth-order valence-electron chi connectivity index (χ4n) is 2.62. The highest BCUT2D eigenvalue weighted by Crippen LogP contribution is 2.33. The van der Waals surface area contributed by atoms with Gasteiger partial charge in [-0.15, -0.1) is 11.3 Å². The number of nitrogens with zero attached hydrogens (tertiary/aromatic N) is 1. The van der Waals surface area contributed by atoms with E-state index >= 15 is 0 Å². The fraction of sp³-hybridized carbons (Fsp3) is 0.368. The van der Waals surface area contributed by atoms with E-state index in [1.807, 2.05) is 13.0 Å². The molecule has 0 unspecified atom stereocenters. The number of thiophene rings is 1. The Balaban J connectivity index is 1.62. The van der Waals surface area contributed by atoms with Gasteiger partial charge in [0.2, 0.25) is 5.91 Å². The van der Waals surface area contributed by atoms with Crippen molar-refractivity contribution in [2.24, 2.45) is 5.92 Å². The van der Waals surface area contributed by atoms with Gasteiger partial charge in [0.15, 0.2) is 0 Å². The standard InChI is InChI=1S/C19H20F2N2O3S/c1-11-9-15(22-17(24)13-5-6-13)27-16(11)18(25)23(2)10-12-3-7-14(8-4-12)26-19(20)21/h3-4,7-9,13,19H,5-6,10H2,1-2H3,(H,22,24). The highest BCUT2D eigenvalue weighted by molar-refractivity contribution is 7.18. The molecule has 1 saturated carbocycles. The Bertz CT molecular complexity index is 832. The number of hydrogen-bond acceptors (Lipinski definition) is 4. The Morgan fingerprint density at radius 2 is 1.96 bits per heavy atom. The topological polar surface area (TPSA) is 58.6 Å². The van der Waals surface area contributed by atoms with E-state index in [0.717, 1.165) is 24.0 Å². The first-order valence-corrected chi connectivity index (χ1v) is 9.35. The Kier molecular flexibility index (Phi) is 5.74. The number of carbonyl (C=O) groups excluding carboxylic acids is 2. The van der Waals surface area contributed by atoms with Gasteiger partial charge < -0.3 is 15.0 Å². The van der Waals surface area contributed by atoms with Gasteiger partial charge in [0.05, 0.1) is 9.88 Å². The highest BCUT2D eigenvalue weighted by atomic mass is 32.1. The lowest BCUT2D eigenvalue weighted by Gasteiger charge is -2.17. The summed E-state index contributed by atoms with van der Waals surface area (Å²) in [5, 5.41) is 3.54. The normalized spacial score (nSPS) is 13.5. The molecule has 5 nitrogen and oxygen atoms in total. The van der Waals surface area contributed by atoms with Gasteiger partial charge in [-0.3, -0.25) is 9.59 Å². The number of aryl methyl sites for hydroxylation is 1. The van der Waals surface area contributed by atoms with Crippen LogP contribution in [0.3, 0.4) is 0 Å². The van der Waals surface area contributed by atoms with Crippen molar-refractivity contribution in [2.45, 2.75) is 32.9 Å². The molecule has 1 fully saturated rings. The fourth-order valence-corrected chi connectivity index (χ4v) is 3.69. The average Bonchev–Trinajstić information content (AvgIpc) is 3.39. The van der Waals surface area contributed by atoms with Crippen LogP contribution in [0.4, 0.5) is 13.8 Å². The zero-order valence-corrected chi connectivity index (χ0v) is 15.8. The number of halogens is 2. The van der Waals surface area contributed by atoms with Gasteiger partial charge in [0.1, 0.15) is 5.75 Å². The molecule has 1 heterocycles. The summed E-state index contributed by atoms with van der Waals surface area (Å²) in [5.74, 6) is 0.0335. The predicted octanol–water partition coefficient (Wildman–Crippen LogP) is 4.28. The minimum Gasteiger partial charge on any atom is -0.435 e. The molecule has 144 valence electrons. The van der Waals surface area contributed by atoms with Gasteiger partial charge in [-0.2, -0.15) is 8.78 Å². The Morgan fingerprint density at radius 1 is 1.30 bits per heavy atom. The number of amides is 2. The van der Waals surface area contributed by atoms with Crippen LogP contribution in [0, 0.1) is 12.8 Å². The van der Waals surface area contributed by atoms with Crippen molar-refractivity contribution in [3.63, 3.8) is 0 Å². The lowest BCUT2D eigenvalue weighted by molar-refractivity contribution is -0.117. The second kappa shape index (κ2) is 8.04. The molecule has 0 spiro atoms. The van der Waals surface area contributed by atoms with Crippen LogP contribution >= 0.6 is 11.3 Å². The second-order valence-corrected chi connectivity index (χ2v) is 7.62. The summed E-state index contributed by atoms with van der Waals surface area (Å²) in [4.78, 5) is 26.7. The van der Waals surface area contributed by atoms with Gasteiger partial charge in [-0.1, -0.05) is 12.1 Å². The molecule has 1 N–H and O–H groups in total. The lowest BCUT2D eigenvalue weighted by Crippen LogP contribution is -2.25. The average molecular weight is 394 g/mol. The highest BCUT2D eigenvalue weighted by Gasteiger charge is 2.30. The summed E-state index contributed by atoms with van der Waals surface area (Å²) in [5.41, 5.74) is 1.60. The number of rotatable bonds is 7. The SMILES string of the molecule is Cc1cc(NC(=O)C2CC2)sc1C(=O)N(C)Cc1ccc(OC(F)F)cc1. The van der Waals surface area contributed by atoms with Crippen LogP contribution in [0.2, 0.25) is 0 Å². The molecule has 1 aromatic heterocycles. The monoisotopic (exact) mass is 394 g/mol. The van der Waals surface area contributed by atoms with E-state index in [-0.39, 0.29) is 23.5 Å². The minimum absolute atomic E-state index is 0.00899. The number of anilines is 1. The van der Waals surface area contributed by atoms with Crippen LogP contribution in [-0.4, -0.2) is 30.4 Å². The molecule has 0 atom stereocenters. The van der Waals surface area contributed by atoms with Crippen LogP contribution in [-0.2, 0) is 11.3 Å². The minimum atomic E-state index is -2.86. The summed E-state index contributed by atoms with van der Waals surface area (Å²) in [6, 6.07) is 7.99. The van der Waals surface area contributed by atoms with Crippen LogP contribution in [0.5, 0.6) is 5.75 Å². The molecule has 0 aliphatic heterocycles. The van der Waals surface area contributed by atoms with Crippen molar-refractivity contribution in [3.8, 4) is 5.75 Å². The molecule has 27 heavy (non-hydrogen) atoms. The van der Waals surface area contributed by atoms with E-state index < -0.39 is 6.61 Å². The molecule has 0 radical (unpaired) electrons. The number of alkyl halides is 2. The Labute approximate surface area is 159 Å². The van der Waals surface area contributed by atoms with Crippen molar-refractivity contribution in [2.75, 3.05) is 12.4 Å². The maximum atomic E-state index is 12.7. The van der Waals surface area contributed by atoms with E-state index in [2.05, 4.69) is 10.1 Å². The van der Waals surface area contributed by atoms with Gasteiger partial charge in [0, 0.05) is 19.5 Å². The van der Waals surface area contributed by atoms with E-state index in [0.29, 0.717) is 16.4 Å². The molecular formula is C19H20F2N2O3S. The smallest absolute Gasteiger partial charge is 0.387 e. The third-order valence-electron chi connectivity index (χ3n) is 4.22. The number of ether oxygens (including phenoxy) is 1. The van der Waals surface area contributed by atoms with Gasteiger partial charge >= 0.3 is 6.61 Å². The number of nitrogens with one attached hydrogen (secondary N) is 1. The quantitative estimate of drug-likeness (QED) is 0.763. The summed E-state index contributed by atoms with van der Waals surface area (Å²) < 4.78 is 28.7. The van der Waals surface area contributed by atoms with E-state index in [1.165, 1.54) is 23.5 Å². The Hall–Kier alpha value is -2.48. The summed E-state index contributed by atoms with van der Waals surface area (Å²) in [6.07, 6.45) is 1.84. The van der Waals surface area contributed by atoms with Crippen molar-refractivity contribution in [3.05, 3.63) is 46.3 Å². The zero-order chi connectivity index (χ0) is 19.6. The van der Waals surface area contributed by atoms with Crippen LogP contribution in [0.15, 0.2) is 30.3 Å². The molecule has 0 bridgehead atoms. The lowest BCUT2D eigenvalue weighted by atomic mass is 10.2. The molecule has 0 saturated heterocycles. The van der Waals surface area contributed by atoms with Gasteiger partial charge in [-0.25, -0.2) is 0 Å². The summed E-state index contributed by atoms with van der Waals surface area (Å²) >= 11 is 1.26. The summed E-state index contributed by atoms with van der Waals surface area (Å²) in [7, 11) is 1.67. The first-order chi connectivity index (χ1) is 12.8. The van der Waals surface area contributed by atoms with Crippen molar-refractivity contribution < 1.29 is 23.1 Å². The van der Waals surface area contributed by atoms with Gasteiger partial charge in [-0.05, 0) is 49.1 Å². The van der Waals surface area contributed by atoms with E-state index in [9.17, 15) is 18.4 Å². The maximum absolute atomic E-state index is 12.7. The first-order valence-electron chi connectivity index (χ1n) is 8.54. The molecular weight excluding hydrogens is 374 g/mol. The molecule has 1 aliphatic carbocycles. The van der Waals surface area contributed by atoms with E-state index in [1.54, 1.807) is 24.1 Å². The van der Waals surface area contributed by atoms with Crippen molar-refractivity contribution >= 4 is 28.2 Å². The molecule has 1 aromatic carbocycles. The van der Waals surface area contributed by atoms with Gasteiger partial charge in [0.25, 0.3) is 5.91 Å². The Morgan fingerprint density at radius 3 is 2.56 bits per heavy atom. The molecule has 1 aliphatic rings. The second-order valence-electron chi connectivity index (χ2n) is 6.57. The molecule has 2 amide bonds. The molecule has 2 aromatic rings. The van der Waals surface area contributed by atoms with E-state index in [4.69, 9.17) is 0 Å². The number of benzene rings is 1. The van der Waals surface area contributed by atoms with Crippen molar-refractivity contribution in [1.29, 1.82) is 0 Å². The maximum Gasteiger partial charge on any atom is 0.387 e. The predicted molar refractivity (Wildman–Crippen MR) is 99.3 cm³/mol. The number of carbonyl (C=O) groups is 2. The largest absolute Gasteiger partial charge is 0.435 e. The van der Waals surface area contributed by atoms with Crippen LogP contribution in [0.1, 0.15) is 33.6 Å².